The molecule has 0 spiro atoms. The minimum Gasteiger partial charge on any atom is -0.356 e. The average molecular weight is 359 g/mol. The monoisotopic (exact) mass is 359 g/mol. The van der Waals surface area contributed by atoms with Crippen LogP contribution in [0, 0.1) is 0 Å². The molecule has 0 unspecified atom stereocenters. The van der Waals surface area contributed by atoms with E-state index in [2.05, 4.69) is 16.4 Å². The van der Waals surface area contributed by atoms with E-state index in [0.29, 0.717) is 13.0 Å². The van der Waals surface area contributed by atoms with Gasteiger partial charge in [0.05, 0.1) is 11.7 Å². The molecular formula is C19H25N3O2S. The third-order valence-corrected chi connectivity index (χ3v) is 6.54. The van der Waals surface area contributed by atoms with Crippen LogP contribution in [0.1, 0.15) is 62.2 Å². The van der Waals surface area contributed by atoms with Gasteiger partial charge in [0.25, 0.3) is 5.56 Å². The number of carbonyl (C=O) groups is 1. The van der Waals surface area contributed by atoms with Gasteiger partial charge in [-0.2, -0.15) is 0 Å². The van der Waals surface area contributed by atoms with Crippen molar-refractivity contribution in [1.82, 2.24) is 14.9 Å². The molecule has 2 heterocycles. The first-order chi connectivity index (χ1) is 12.2. The number of aromatic nitrogens is 2. The highest BCUT2D eigenvalue weighted by Gasteiger charge is 2.30. The fourth-order valence-electron chi connectivity index (χ4n) is 4.08. The number of aryl methyl sites for hydroxylation is 1. The number of allylic oxidation sites excluding steroid dienone is 1. The molecule has 6 heteroatoms. The maximum Gasteiger partial charge on any atom is 0.257 e. The maximum absolute atomic E-state index is 12.7. The van der Waals surface area contributed by atoms with E-state index in [1.807, 2.05) is 0 Å². The molecule has 0 bridgehead atoms. The second-order valence-electron chi connectivity index (χ2n) is 7.23. The Morgan fingerprint density at radius 3 is 3.04 bits per heavy atom. The molecule has 0 radical (unpaired) electrons. The van der Waals surface area contributed by atoms with Gasteiger partial charge in [-0.1, -0.05) is 23.4 Å². The van der Waals surface area contributed by atoms with Crippen LogP contribution >= 0.6 is 11.8 Å². The second-order valence-corrected chi connectivity index (χ2v) is 8.21. The van der Waals surface area contributed by atoms with E-state index in [1.54, 1.807) is 16.3 Å². The SMILES string of the molecule is O=C(C[C@H]1CSc2nc3c(c(=O)n21)CCC3)NCCC1=CCCCC1. The van der Waals surface area contributed by atoms with E-state index in [1.165, 1.54) is 31.3 Å². The molecule has 2 aliphatic carbocycles. The van der Waals surface area contributed by atoms with Crippen LogP contribution in [0.3, 0.4) is 0 Å². The summed E-state index contributed by atoms with van der Waals surface area (Å²) in [6, 6.07) is -0.0557. The molecule has 4 rings (SSSR count). The van der Waals surface area contributed by atoms with Crippen LogP contribution < -0.4 is 10.9 Å². The van der Waals surface area contributed by atoms with Crippen molar-refractivity contribution in [2.45, 2.75) is 69.0 Å². The largest absolute Gasteiger partial charge is 0.356 e. The molecule has 1 amide bonds. The number of hydrogen-bond donors (Lipinski definition) is 1. The summed E-state index contributed by atoms with van der Waals surface area (Å²) in [5.74, 6) is 0.811. The lowest BCUT2D eigenvalue weighted by Gasteiger charge is -2.15. The molecule has 1 N–H and O–H groups in total. The van der Waals surface area contributed by atoms with E-state index >= 15 is 0 Å². The maximum atomic E-state index is 12.7. The molecule has 0 aromatic carbocycles. The number of carbonyl (C=O) groups excluding carboxylic acids is 1. The van der Waals surface area contributed by atoms with E-state index in [0.717, 1.165) is 47.8 Å². The quantitative estimate of drug-likeness (QED) is 0.649. The summed E-state index contributed by atoms with van der Waals surface area (Å²) in [7, 11) is 0. The van der Waals surface area contributed by atoms with Crippen LogP contribution in [0.25, 0.3) is 0 Å². The molecule has 1 atom stereocenters. The van der Waals surface area contributed by atoms with Gasteiger partial charge in [-0.15, -0.1) is 0 Å². The zero-order valence-electron chi connectivity index (χ0n) is 14.6. The topological polar surface area (TPSA) is 64.0 Å². The summed E-state index contributed by atoms with van der Waals surface area (Å²) in [6.45, 7) is 0.703. The van der Waals surface area contributed by atoms with Crippen LogP contribution in [0.15, 0.2) is 21.6 Å². The number of amides is 1. The highest BCUT2D eigenvalue weighted by molar-refractivity contribution is 7.99. The fourth-order valence-corrected chi connectivity index (χ4v) is 5.24. The summed E-state index contributed by atoms with van der Waals surface area (Å²) >= 11 is 1.61. The van der Waals surface area contributed by atoms with Gasteiger partial charge in [-0.3, -0.25) is 14.2 Å². The number of hydrogen-bond acceptors (Lipinski definition) is 4. The van der Waals surface area contributed by atoms with Gasteiger partial charge in [-0.05, 0) is 51.4 Å². The summed E-state index contributed by atoms with van der Waals surface area (Å²) in [4.78, 5) is 29.7. The van der Waals surface area contributed by atoms with Gasteiger partial charge in [-0.25, -0.2) is 4.98 Å². The average Bonchev–Trinajstić information content (AvgIpc) is 3.24. The third kappa shape index (κ3) is 3.54. The third-order valence-electron chi connectivity index (χ3n) is 5.45. The first-order valence-corrected chi connectivity index (χ1v) is 10.4. The summed E-state index contributed by atoms with van der Waals surface area (Å²) in [6.07, 6.45) is 11.3. The molecule has 1 aliphatic heterocycles. The highest BCUT2D eigenvalue weighted by Crippen LogP contribution is 2.33. The van der Waals surface area contributed by atoms with Crippen LogP contribution in [-0.2, 0) is 17.6 Å². The van der Waals surface area contributed by atoms with Crippen molar-refractivity contribution in [3.63, 3.8) is 0 Å². The molecule has 25 heavy (non-hydrogen) atoms. The predicted octanol–water partition coefficient (Wildman–Crippen LogP) is 2.78. The molecular weight excluding hydrogens is 334 g/mol. The van der Waals surface area contributed by atoms with Crippen molar-refractivity contribution in [3.8, 4) is 0 Å². The highest BCUT2D eigenvalue weighted by atomic mass is 32.2. The van der Waals surface area contributed by atoms with Gasteiger partial charge in [0.1, 0.15) is 0 Å². The van der Waals surface area contributed by atoms with Gasteiger partial charge in [0.15, 0.2) is 5.16 Å². The smallest absolute Gasteiger partial charge is 0.257 e. The molecule has 3 aliphatic rings. The Kier molecular flexibility index (Phi) is 4.97. The molecule has 0 saturated carbocycles. The summed E-state index contributed by atoms with van der Waals surface area (Å²) in [5.41, 5.74) is 3.42. The Morgan fingerprint density at radius 1 is 1.28 bits per heavy atom. The van der Waals surface area contributed by atoms with Gasteiger partial charge >= 0.3 is 0 Å². The zero-order chi connectivity index (χ0) is 17.2. The van der Waals surface area contributed by atoms with Gasteiger partial charge < -0.3 is 5.32 Å². The number of nitrogens with zero attached hydrogens (tertiary/aromatic N) is 2. The Balaban J connectivity index is 1.36. The van der Waals surface area contributed by atoms with Crippen molar-refractivity contribution in [2.75, 3.05) is 12.3 Å². The summed E-state index contributed by atoms with van der Waals surface area (Å²) in [5, 5.41) is 3.84. The first kappa shape index (κ1) is 16.9. The molecule has 1 aromatic rings. The Bertz CT molecular complexity index is 769. The lowest BCUT2D eigenvalue weighted by molar-refractivity contribution is -0.121. The van der Waals surface area contributed by atoms with Crippen molar-refractivity contribution < 1.29 is 4.79 Å². The number of fused-ring (bicyclic) bond motifs is 2. The molecule has 0 fully saturated rings. The van der Waals surface area contributed by atoms with E-state index in [9.17, 15) is 9.59 Å². The minimum atomic E-state index is -0.0557. The zero-order valence-corrected chi connectivity index (χ0v) is 15.4. The lowest BCUT2D eigenvalue weighted by Crippen LogP contribution is -2.32. The second kappa shape index (κ2) is 7.36. The first-order valence-electron chi connectivity index (χ1n) is 9.44. The normalized spacial score (nSPS) is 21.6. The predicted molar refractivity (Wildman–Crippen MR) is 99.1 cm³/mol. The number of thioether (sulfide) groups is 1. The molecule has 134 valence electrons. The van der Waals surface area contributed by atoms with Crippen LogP contribution in [-0.4, -0.2) is 27.8 Å². The van der Waals surface area contributed by atoms with Crippen LogP contribution in [0.2, 0.25) is 0 Å². The Hall–Kier alpha value is -1.56. The van der Waals surface area contributed by atoms with Crippen molar-refractivity contribution >= 4 is 17.7 Å². The van der Waals surface area contributed by atoms with Gasteiger partial charge in [0.2, 0.25) is 5.91 Å². The van der Waals surface area contributed by atoms with Crippen molar-refractivity contribution in [1.29, 1.82) is 0 Å². The lowest BCUT2D eigenvalue weighted by atomic mass is 9.97. The molecule has 0 saturated heterocycles. The van der Waals surface area contributed by atoms with E-state index in [4.69, 9.17) is 0 Å². The fraction of sp³-hybridized carbons (Fsp3) is 0.632. The van der Waals surface area contributed by atoms with Crippen LogP contribution in [0.5, 0.6) is 0 Å². The Labute approximate surface area is 152 Å². The minimum absolute atomic E-state index is 0.0438. The van der Waals surface area contributed by atoms with E-state index < -0.39 is 0 Å². The van der Waals surface area contributed by atoms with Crippen LogP contribution in [0.4, 0.5) is 0 Å². The summed E-state index contributed by atoms with van der Waals surface area (Å²) < 4.78 is 1.78. The number of rotatable bonds is 5. The van der Waals surface area contributed by atoms with Gasteiger partial charge in [0, 0.05) is 24.3 Å². The van der Waals surface area contributed by atoms with Crippen molar-refractivity contribution in [2.24, 2.45) is 0 Å². The standard InChI is InChI=1S/C19H25N3O2S/c23-17(20-10-9-13-5-2-1-3-6-13)11-14-12-25-19-21-16-8-4-7-15(16)18(24)22(14)19/h5,14H,1-4,6-12H2,(H,20,23)/t14-/m0/s1. The Morgan fingerprint density at radius 2 is 2.20 bits per heavy atom. The molecule has 1 aromatic heterocycles. The van der Waals surface area contributed by atoms with Crippen molar-refractivity contribution in [3.05, 3.63) is 33.3 Å². The molecule has 5 nitrogen and oxygen atoms in total. The number of nitrogens with one attached hydrogen (secondary N) is 1. The van der Waals surface area contributed by atoms with E-state index in [-0.39, 0.29) is 17.5 Å².